The minimum atomic E-state index is 0.549. The normalized spacial score (nSPS) is 11.0. The molecule has 0 saturated carbocycles. The molecule has 0 amide bonds. The summed E-state index contributed by atoms with van der Waals surface area (Å²) >= 11 is 4.90. The molecular weight excluding hydrogens is 236 g/mol. The molecule has 0 unspecified atom stereocenters. The van der Waals surface area contributed by atoms with Crippen molar-refractivity contribution in [2.24, 2.45) is 12.8 Å². The van der Waals surface area contributed by atoms with E-state index in [1.54, 1.807) is 11.8 Å². The van der Waals surface area contributed by atoms with Crippen LogP contribution < -0.4 is 5.73 Å². The van der Waals surface area contributed by atoms with E-state index in [-0.39, 0.29) is 0 Å². The number of thiocarbonyl (C=S) groups is 1. The average Bonchev–Trinajstić information content (AvgIpc) is 2.68. The van der Waals surface area contributed by atoms with Crippen LogP contribution in [0.15, 0.2) is 12.3 Å². The molecule has 0 bridgehead atoms. The minimum Gasteiger partial charge on any atom is -0.393 e. The lowest BCUT2D eigenvalue weighted by molar-refractivity contribution is 0.145. The van der Waals surface area contributed by atoms with Crippen LogP contribution in [-0.4, -0.2) is 46.5 Å². The van der Waals surface area contributed by atoms with Gasteiger partial charge in [-0.2, -0.15) is 5.10 Å². The van der Waals surface area contributed by atoms with Crippen molar-refractivity contribution in [3.8, 4) is 0 Å². The lowest BCUT2D eigenvalue weighted by Crippen LogP contribution is -2.30. The summed E-state index contributed by atoms with van der Waals surface area (Å²) in [5.41, 5.74) is 6.57. The minimum absolute atomic E-state index is 0.549. The van der Waals surface area contributed by atoms with E-state index >= 15 is 0 Å². The third-order valence-corrected chi connectivity index (χ3v) is 2.64. The maximum absolute atomic E-state index is 5.52. The predicted molar refractivity (Wildman–Crippen MR) is 71.8 cm³/mol. The molecule has 0 saturated heterocycles. The summed E-state index contributed by atoms with van der Waals surface area (Å²) in [6, 6.07) is 2.01. The van der Waals surface area contributed by atoms with Crippen molar-refractivity contribution in [1.82, 2.24) is 14.7 Å². The number of aryl methyl sites for hydroxylation is 1. The summed E-state index contributed by atoms with van der Waals surface area (Å²) in [4.78, 5) is 2.79. The topological polar surface area (TPSA) is 56.3 Å². The number of nitrogens with zero attached hydrogens (tertiary/aromatic N) is 3. The SMILES string of the molecule is COCCN(CCC(N)=S)Cc1ccn(C)n1. The Bertz CT molecular complexity index is 353. The molecule has 0 fully saturated rings. The largest absolute Gasteiger partial charge is 0.393 e. The van der Waals surface area contributed by atoms with Crippen molar-refractivity contribution in [2.45, 2.75) is 13.0 Å². The number of hydrogen-bond donors (Lipinski definition) is 1. The lowest BCUT2D eigenvalue weighted by Gasteiger charge is -2.20. The number of rotatable bonds is 8. The maximum atomic E-state index is 5.52. The Hall–Kier alpha value is -0.980. The molecule has 0 aliphatic heterocycles. The highest BCUT2D eigenvalue weighted by Gasteiger charge is 2.08. The highest BCUT2D eigenvalue weighted by Crippen LogP contribution is 2.02. The van der Waals surface area contributed by atoms with Gasteiger partial charge in [-0.25, -0.2) is 0 Å². The number of nitrogens with two attached hydrogens (primary N) is 1. The van der Waals surface area contributed by atoms with Gasteiger partial charge in [0.05, 0.1) is 17.3 Å². The highest BCUT2D eigenvalue weighted by atomic mass is 32.1. The molecule has 0 radical (unpaired) electrons. The van der Waals surface area contributed by atoms with E-state index in [0.717, 1.165) is 31.7 Å². The Morgan fingerprint density at radius 3 is 2.88 bits per heavy atom. The van der Waals surface area contributed by atoms with E-state index in [9.17, 15) is 0 Å². The van der Waals surface area contributed by atoms with Crippen molar-refractivity contribution < 1.29 is 4.74 Å². The zero-order valence-corrected chi connectivity index (χ0v) is 11.2. The summed E-state index contributed by atoms with van der Waals surface area (Å²) in [5, 5.41) is 4.36. The number of ether oxygens (including phenoxy) is 1. The fraction of sp³-hybridized carbons (Fsp3) is 0.636. The van der Waals surface area contributed by atoms with Gasteiger partial charge in [-0.05, 0) is 6.07 Å². The third kappa shape index (κ3) is 5.76. The van der Waals surface area contributed by atoms with E-state index in [0.29, 0.717) is 11.6 Å². The highest BCUT2D eigenvalue weighted by molar-refractivity contribution is 7.80. The molecule has 1 heterocycles. The lowest BCUT2D eigenvalue weighted by atomic mass is 10.3. The second-order valence-corrected chi connectivity index (χ2v) is 4.49. The first kappa shape index (κ1) is 14.1. The smallest absolute Gasteiger partial charge is 0.0764 e. The Labute approximate surface area is 108 Å². The van der Waals surface area contributed by atoms with Crippen LogP contribution in [0.25, 0.3) is 0 Å². The third-order valence-electron chi connectivity index (χ3n) is 2.44. The second kappa shape index (κ2) is 7.37. The van der Waals surface area contributed by atoms with Crippen LogP contribution in [-0.2, 0) is 18.3 Å². The van der Waals surface area contributed by atoms with Crippen molar-refractivity contribution in [3.63, 3.8) is 0 Å². The van der Waals surface area contributed by atoms with Crippen LogP contribution in [0, 0.1) is 0 Å². The molecule has 6 heteroatoms. The van der Waals surface area contributed by atoms with Gasteiger partial charge >= 0.3 is 0 Å². The fourth-order valence-corrected chi connectivity index (χ4v) is 1.63. The number of methoxy groups -OCH3 is 1. The van der Waals surface area contributed by atoms with Gasteiger partial charge in [0.1, 0.15) is 0 Å². The van der Waals surface area contributed by atoms with Gasteiger partial charge in [-0.15, -0.1) is 0 Å². The van der Waals surface area contributed by atoms with Crippen molar-refractivity contribution in [2.75, 3.05) is 26.8 Å². The maximum Gasteiger partial charge on any atom is 0.0764 e. The van der Waals surface area contributed by atoms with Gasteiger partial charge in [0.15, 0.2) is 0 Å². The summed E-state index contributed by atoms with van der Waals surface area (Å²) in [7, 11) is 3.62. The summed E-state index contributed by atoms with van der Waals surface area (Å²) in [6.07, 6.45) is 2.67. The molecule has 0 aliphatic carbocycles. The van der Waals surface area contributed by atoms with Gasteiger partial charge in [-0.1, -0.05) is 12.2 Å². The Balaban J connectivity index is 2.47. The monoisotopic (exact) mass is 256 g/mol. The van der Waals surface area contributed by atoms with Gasteiger partial charge in [0.2, 0.25) is 0 Å². The van der Waals surface area contributed by atoms with Crippen LogP contribution in [0.2, 0.25) is 0 Å². The average molecular weight is 256 g/mol. The second-order valence-electron chi connectivity index (χ2n) is 3.97. The zero-order chi connectivity index (χ0) is 12.7. The van der Waals surface area contributed by atoms with E-state index in [1.807, 2.05) is 19.3 Å². The number of hydrogen-bond acceptors (Lipinski definition) is 4. The van der Waals surface area contributed by atoms with Gasteiger partial charge in [0.25, 0.3) is 0 Å². The Morgan fingerprint density at radius 1 is 1.59 bits per heavy atom. The molecule has 1 aromatic rings. The van der Waals surface area contributed by atoms with Crippen LogP contribution in [0.5, 0.6) is 0 Å². The van der Waals surface area contributed by atoms with Crippen molar-refractivity contribution >= 4 is 17.2 Å². The first-order valence-corrected chi connectivity index (χ1v) is 6.00. The first-order chi connectivity index (χ1) is 8.11. The molecule has 1 rings (SSSR count). The van der Waals surface area contributed by atoms with Crippen LogP contribution in [0.3, 0.4) is 0 Å². The van der Waals surface area contributed by atoms with Gasteiger partial charge < -0.3 is 10.5 Å². The van der Waals surface area contributed by atoms with Crippen molar-refractivity contribution in [3.05, 3.63) is 18.0 Å². The molecular formula is C11H20N4OS. The standard InChI is InChI=1S/C11H20N4OS/c1-14-5-3-10(13-14)9-15(7-8-16-2)6-4-11(12)17/h3,5H,4,6-9H2,1-2H3,(H2,12,17). The molecule has 17 heavy (non-hydrogen) atoms. The summed E-state index contributed by atoms with van der Waals surface area (Å²) < 4.78 is 6.89. The first-order valence-electron chi connectivity index (χ1n) is 5.60. The van der Waals surface area contributed by atoms with Crippen LogP contribution in [0.1, 0.15) is 12.1 Å². The predicted octanol–water partition coefficient (Wildman–Crippen LogP) is 0.545. The molecule has 5 nitrogen and oxygen atoms in total. The summed E-state index contributed by atoms with van der Waals surface area (Å²) in [6.45, 7) is 3.20. The molecule has 96 valence electrons. The van der Waals surface area contributed by atoms with E-state index < -0.39 is 0 Å². The summed E-state index contributed by atoms with van der Waals surface area (Å²) in [5.74, 6) is 0. The fourth-order valence-electron chi connectivity index (χ4n) is 1.54. The molecule has 0 spiro atoms. The Morgan fingerprint density at radius 2 is 2.35 bits per heavy atom. The van der Waals surface area contributed by atoms with Crippen molar-refractivity contribution in [1.29, 1.82) is 0 Å². The number of aromatic nitrogens is 2. The van der Waals surface area contributed by atoms with Crippen LogP contribution >= 0.6 is 12.2 Å². The Kier molecular flexibility index (Phi) is 6.10. The van der Waals surface area contributed by atoms with Gasteiger partial charge in [0, 0.05) is 46.4 Å². The molecule has 0 atom stereocenters. The van der Waals surface area contributed by atoms with E-state index in [1.165, 1.54) is 0 Å². The van der Waals surface area contributed by atoms with Gasteiger partial charge in [-0.3, -0.25) is 9.58 Å². The molecule has 1 aromatic heterocycles. The molecule has 0 aromatic carbocycles. The molecule has 2 N–H and O–H groups in total. The van der Waals surface area contributed by atoms with E-state index in [4.69, 9.17) is 22.7 Å². The van der Waals surface area contributed by atoms with Crippen LogP contribution in [0.4, 0.5) is 0 Å². The van der Waals surface area contributed by atoms with E-state index in [2.05, 4.69) is 10.00 Å². The quantitative estimate of drug-likeness (QED) is 0.688. The zero-order valence-electron chi connectivity index (χ0n) is 10.4. The molecule has 0 aliphatic rings.